The molecule has 1 aromatic carbocycles. The number of rotatable bonds is 7. The minimum absolute atomic E-state index is 0.129. The second-order valence-corrected chi connectivity index (χ2v) is 6.63. The summed E-state index contributed by atoms with van der Waals surface area (Å²) in [5.74, 6) is 0.865. The van der Waals surface area contributed by atoms with Gasteiger partial charge >= 0.3 is 0 Å². The number of ether oxygens (including phenoxy) is 1. The second-order valence-electron chi connectivity index (χ2n) is 6.63. The van der Waals surface area contributed by atoms with E-state index in [9.17, 15) is 9.18 Å². The standard InChI is InChI=1S/C21H15FN6O4/c22-14-5-3-13(4-6-14)20-25-24-18-7-8-19(26-28(18)20)31-11-9-23-21(29)15-12-17(32-27-15)16-2-1-10-30-16/h1-8,10,12H,9,11H2,(H,23,29). The molecule has 0 radical (unpaired) electrons. The monoisotopic (exact) mass is 434 g/mol. The van der Waals surface area contributed by atoms with Crippen LogP contribution in [0.4, 0.5) is 4.39 Å². The molecule has 0 aliphatic carbocycles. The van der Waals surface area contributed by atoms with Gasteiger partial charge < -0.3 is 19.0 Å². The number of aromatic nitrogens is 5. The molecule has 160 valence electrons. The maximum absolute atomic E-state index is 13.2. The number of halogens is 1. The van der Waals surface area contributed by atoms with Gasteiger partial charge in [-0.05, 0) is 42.5 Å². The van der Waals surface area contributed by atoms with Crippen LogP contribution in [-0.4, -0.2) is 44.0 Å². The summed E-state index contributed by atoms with van der Waals surface area (Å²) in [5, 5.41) is 19.0. The maximum atomic E-state index is 13.2. The third kappa shape index (κ3) is 3.90. The number of carbonyl (C=O) groups is 1. The van der Waals surface area contributed by atoms with E-state index in [2.05, 4.69) is 25.8 Å². The lowest BCUT2D eigenvalue weighted by Crippen LogP contribution is -2.28. The second kappa shape index (κ2) is 8.30. The van der Waals surface area contributed by atoms with Crippen molar-refractivity contribution in [2.45, 2.75) is 0 Å². The van der Waals surface area contributed by atoms with Crippen LogP contribution >= 0.6 is 0 Å². The number of nitrogens with one attached hydrogen (secondary N) is 1. The van der Waals surface area contributed by atoms with Gasteiger partial charge in [-0.15, -0.1) is 15.3 Å². The summed E-state index contributed by atoms with van der Waals surface area (Å²) in [5.41, 5.74) is 1.31. The van der Waals surface area contributed by atoms with Gasteiger partial charge in [-0.2, -0.15) is 4.52 Å². The van der Waals surface area contributed by atoms with E-state index in [4.69, 9.17) is 13.7 Å². The fraction of sp³-hybridized carbons (Fsp3) is 0.0952. The Morgan fingerprint density at radius 1 is 1.09 bits per heavy atom. The fourth-order valence-corrected chi connectivity index (χ4v) is 2.96. The Morgan fingerprint density at radius 2 is 1.97 bits per heavy atom. The van der Waals surface area contributed by atoms with Crippen molar-refractivity contribution in [3.63, 3.8) is 0 Å². The zero-order valence-electron chi connectivity index (χ0n) is 16.4. The molecule has 4 aromatic heterocycles. The Balaban J connectivity index is 1.20. The molecule has 0 saturated carbocycles. The van der Waals surface area contributed by atoms with E-state index >= 15 is 0 Å². The Bertz CT molecular complexity index is 1360. The molecule has 0 atom stereocenters. The topological polar surface area (TPSA) is 121 Å². The summed E-state index contributed by atoms with van der Waals surface area (Å²) < 4.78 is 30.6. The van der Waals surface area contributed by atoms with E-state index in [0.717, 1.165) is 0 Å². The first-order chi connectivity index (χ1) is 15.7. The van der Waals surface area contributed by atoms with Gasteiger partial charge in [0.25, 0.3) is 5.91 Å². The van der Waals surface area contributed by atoms with E-state index in [1.54, 1.807) is 36.4 Å². The molecule has 11 heteroatoms. The van der Waals surface area contributed by atoms with Crippen LogP contribution < -0.4 is 10.1 Å². The molecule has 0 bridgehead atoms. The number of nitrogens with zero attached hydrogens (tertiary/aromatic N) is 5. The average molecular weight is 434 g/mol. The molecular formula is C21H15FN6O4. The van der Waals surface area contributed by atoms with Crippen LogP contribution in [-0.2, 0) is 0 Å². The van der Waals surface area contributed by atoms with Gasteiger partial charge in [-0.3, -0.25) is 4.79 Å². The van der Waals surface area contributed by atoms with Crippen LogP contribution in [0.3, 0.4) is 0 Å². The summed E-state index contributed by atoms with van der Waals surface area (Å²) in [6.45, 7) is 0.385. The first kappa shape index (κ1) is 19.4. The van der Waals surface area contributed by atoms with Crippen molar-refractivity contribution in [1.29, 1.82) is 0 Å². The zero-order valence-corrected chi connectivity index (χ0v) is 16.4. The zero-order chi connectivity index (χ0) is 21.9. The third-order valence-corrected chi connectivity index (χ3v) is 4.49. The van der Waals surface area contributed by atoms with E-state index in [1.807, 2.05) is 0 Å². The molecule has 10 nitrogen and oxygen atoms in total. The van der Waals surface area contributed by atoms with E-state index in [1.165, 1.54) is 29.0 Å². The highest BCUT2D eigenvalue weighted by Crippen LogP contribution is 2.21. The van der Waals surface area contributed by atoms with Crippen molar-refractivity contribution in [2.75, 3.05) is 13.2 Å². The van der Waals surface area contributed by atoms with Gasteiger partial charge in [0, 0.05) is 17.7 Å². The smallest absolute Gasteiger partial charge is 0.273 e. The van der Waals surface area contributed by atoms with Crippen molar-refractivity contribution in [1.82, 2.24) is 30.3 Å². The number of carbonyl (C=O) groups excluding carboxylic acids is 1. The summed E-state index contributed by atoms with van der Waals surface area (Å²) in [4.78, 5) is 12.2. The first-order valence-electron chi connectivity index (χ1n) is 9.57. The molecule has 5 aromatic rings. The molecule has 32 heavy (non-hydrogen) atoms. The Hall–Kier alpha value is -4.54. The molecule has 0 spiro atoms. The van der Waals surface area contributed by atoms with Crippen LogP contribution in [0.1, 0.15) is 10.5 Å². The lowest BCUT2D eigenvalue weighted by Gasteiger charge is -2.07. The molecule has 4 heterocycles. The molecule has 5 rings (SSSR count). The van der Waals surface area contributed by atoms with E-state index in [-0.39, 0.29) is 24.7 Å². The van der Waals surface area contributed by atoms with Gasteiger partial charge in [0.05, 0.1) is 12.8 Å². The number of fused-ring (bicyclic) bond motifs is 1. The summed E-state index contributed by atoms with van der Waals surface area (Å²) >= 11 is 0. The highest BCUT2D eigenvalue weighted by Gasteiger charge is 2.15. The molecule has 0 unspecified atom stereocenters. The van der Waals surface area contributed by atoms with Crippen molar-refractivity contribution >= 4 is 11.6 Å². The predicted molar refractivity (Wildman–Crippen MR) is 108 cm³/mol. The van der Waals surface area contributed by atoms with Crippen molar-refractivity contribution in [3.8, 4) is 28.8 Å². The lowest BCUT2D eigenvalue weighted by atomic mass is 10.2. The van der Waals surface area contributed by atoms with Gasteiger partial charge in [0.1, 0.15) is 12.4 Å². The van der Waals surface area contributed by atoms with E-state index < -0.39 is 5.91 Å². The van der Waals surface area contributed by atoms with Gasteiger partial charge in [0.15, 0.2) is 22.9 Å². The molecule has 1 amide bonds. The first-order valence-corrected chi connectivity index (χ1v) is 9.57. The molecule has 0 saturated heterocycles. The lowest BCUT2D eigenvalue weighted by molar-refractivity contribution is 0.0937. The molecular weight excluding hydrogens is 419 g/mol. The van der Waals surface area contributed by atoms with Crippen LogP contribution in [0, 0.1) is 5.82 Å². The maximum Gasteiger partial charge on any atom is 0.273 e. The Kier molecular flexibility index (Phi) is 5.04. The molecule has 0 fully saturated rings. The van der Waals surface area contributed by atoms with Crippen LogP contribution in [0.5, 0.6) is 5.88 Å². The van der Waals surface area contributed by atoms with Crippen molar-refractivity contribution in [3.05, 3.63) is 72.4 Å². The molecule has 0 aliphatic heterocycles. The highest BCUT2D eigenvalue weighted by molar-refractivity contribution is 5.92. The minimum atomic E-state index is -0.407. The van der Waals surface area contributed by atoms with Crippen molar-refractivity contribution in [2.24, 2.45) is 0 Å². The number of hydrogen-bond donors (Lipinski definition) is 1. The van der Waals surface area contributed by atoms with Crippen LogP contribution in [0.25, 0.3) is 28.6 Å². The number of hydrogen-bond acceptors (Lipinski definition) is 8. The summed E-state index contributed by atoms with van der Waals surface area (Å²) in [6.07, 6.45) is 1.50. The fourth-order valence-electron chi connectivity index (χ4n) is 2.96. The highest BCUT2D eigenvalue weighted by atomic mass is 19.1. The van der Waals surface area contributed by atoms with Gasteiger partial charge in [0.2, 0.25) is 11.6 Å². The summed E-state index contributed by atoms with van der Waals surface area (Å²) in [7, 11) is 0. The third-order valence-electron chi connectivity index (χ3n) is 4.49. The Labute approximate surface area is 179 Å². The van der Waals surface area contributed by atoms with E-state index in [0.29, 0.717) is 34.4 Å². The normalized spacial score (nSPS) is 11.0. The SMILES string of the molecule is O=C(NCCOc1ccc2nnc(-c3ccc(F)cc3)n2n1)c1cc(-c2ccco2)on1. The largest absolute Gasteiger partial charge is 0.475 e. The average Bonchev–Trinajstić information content (AvgIpc) is 3.57. The Morgan fingerprint density at radius 3 is 2.78 bits per heavy atom. The van der Waals surface area contributed by atoms with Crippen molar-refractivity contribution < 1.29 is 22.9 Å². The van der Waals surface area contributed by atoms with Gasteiger partial charge in [-0.1, -0.05) is 5.16 Å². The predicted octanol–water partition coefficient (Wildman–Crippen LogP) is 2.99. The quantitative estimate of drug-likeness (QED) is 0.388. The van der Waals surface area contributed by atoms with Crippen LogP contribution in [0.15, 0.2) is 69.8 Å². The number of furan rings is 1. The summed E-state index contributed by atoms with van der Waals surface area (Å²) in [6, 6.07) is 14.1. The number of benzene rings is 1. The number of amides is 1. The molecule has 0 aliphatic rings. The van der Waals surface area contributed by atoms with Gasteiger partial charge in [-0.25, -0.2) is 4.39 Å². The minimum Gasteiger partial charge on any atom is -0.475 e. The van der Waals surface area contributed by atoms with Crippen LogP contribution in [0.2, 0.25) is 0 Å². The molecule has 1 N–H and O–H groups in total.